The number of ether oxygens (including phenoxy) is 1. The van der Waals surface area contributed by atoms with Gasteiger partial charge in [-0.25, -0.2) is 0 Å². The van der Waals surface area contributed by atoms with Gasteiger partial charge in [-0.15, -0.1) is 0 Å². The molecule has 0 aliphatic carbocycles. The molecule has 0 spiro atoms. The molecule has 0 radical (unpaired) electrons. The minimum atomic E-state index is 0.229. The summed E-state index contributed by atoms with van der Waals surface area (Å²) in [5, 5.41) is 3.53. The molecule has 19 heavy (non-hydrogen) atoms. The number of hydrogen-bond acceptors (Lipinski definition) is 2. The van der Waals surface area contributed by atoms with Crippen LogP contribution in [0.25, 0.3) is 0 Å². The third kappa shape index (κ3) is 12.7. The fourth-order valence-electron chi connectivity index (χ4n) is 2.06. The number of rotatable bonds is 12. The Balaban J connectivity index is 3.64. The average molecular weight is 271 g/mol. The molecule has 0 heterocycles. The van der Waals surface area contributed by atoms with Gasteiger partial charge >= 0.3 is 0 Å². The lowest BCUT2D eigenvalue weighted by Crippen LogP contribution is -2.35. The van der Waals surface area contributed by atoms with Crippen LogP contribution >= 0.6 is 0 Å². The van der Waals surface area contributed by atoms with Gasteiger partial charge in [0.15, 0.2) is 0 Å². The molecular weight excluding hydrogens is 234 g/mol. The molecule has 0 fully saturated rings. The van der Waals surface area contributed by atoms with Gasteiger partial charge < -0.3 is 10.1 Å². The Hall–Kier alpha value is -0.0800. The van der Waals surface area contributed by atoms with Gasteiger partial charge in [0.25, 0.3) is 0 Å². The summed E-state index contributed by atoms with van der Waals surface area (Å²) in [6.45, 7) is 16.5. The van der Waals surface area contributed by atoms with Crippen LogP contribution in [-0.2, 0) is 4.74 Å². The summed E-state index contributed by atoms with van der Waals surface area (Å²) in [6, 6.07) is 0. The minimum absolute atomic E-state index is 0.229. The normalized spacial score (nSPS) is 14.1. The van der Waals surface area contributed by atoms with Crippen molar-refractivity contribution in [2.24, 2.45) is 11.3 Å². The van der Waals surface area contributed by atoms with Crippen molar-refractivity contribution in [1.82, 2.24) is 5.32 Å². The Morgan fingerprint density at radius 3 is 2.32 bits per heavy atom. The summed E-state index contributed by atoms with van der Waals surface area (Å²) in [7, 11) is 0. The fraction of sp³-hybridized carbons (Fsp3) is 1.00. The maximum atomic E-state index is 6.00. The first kappa shape index (κ1) is 18.9. The fourth-order valence-corrected chi connectivity index (χ4v) is 2.06. The molecule has 0 aromatic carbocycles. The lowest BCUT2D eigenvalue weighted by atomic mass is 9.94. The van der Waals surface area contributed by atoms with Crippen molar-refractivity contribution >= 4 is 0 Å². The molecule has 2 nitrogen and oxygen atoms in total. The van der Waals surface area contributed by atoms with E-state index >= 15 is 0 Å². The molecule has 2 heteroatoms. The Labute approximate surface area is 121 Å². The summed E-state index contributed by atoms with van der Waals surface area (Å²) < 4.78 is 6.00. The van der Waals surface area contributed by atoms with Gasteiger partial charge in [-0.3, -0.25) is 0 Å². The predicted octanol–water partition coefficient (Wildman–Crippen LogP) is 4.63. The van der Waals surface area contributed by atoms with Gasteiger partial charge in [0.2, 0.25) is 0 Å². The van der Waals surface area contributed by atoms with Crippen molar-refractivity contribution in [3.05, 3.63) is 0 Å². The summed E-state index contributed by atoms with van der Waals surface area (Å²) >= 11 is 0. The molecule has 0 rings (SSSR count). The first-order valence-electron chi connectivity index (χ1n) is 8.19. The molecule has 0 saturated heterocycles. The monoisotopic (exact) mass is 271 g/mol. The standard InChI is InChI=1S/C17H37NO/c1-7-8-9-10-11-16(4)19-14-17(5,6)13-18-12-15(2)3/h15-16,18H,7-14H2,1-6H3. The van der Waals surface area contributed by atoms with Crippen LogP contribution in [0.15, 0.2) is 0 Å². The average Bonchev–Trinajstić information content (AvgIpc) is 2.31. The highest BCUT2D eigenvalue weighted by Crippen LogP contribution is 2.17. The van der Waals surface area contributed by atoms with Gasteiger partial charge in [-0.2, -0.15) is 0 Å². The van der Waals surface area contributed by atoms with Gasteiger partial charge in [-0.1, -0.05) is 60.3 Å². The summed E-state index contributed by atoms with van der Waals surface area (Å²) in [4.78, 5) is 0. The van der Waals surface area contributed by atoms with Crippen molar-refractivity contribution in [2.45, 2.75) is 79.8 Å². The molecule has 0 aliphatic heterocycles. The zero-order valence-electron chi connectivity index (χ0n) is 14.2. The number of unbranched alkanes of at least 4 members (excludes halogenated alkanes) is 3. The van der Waals surface area contributed by atoms with Crippen molar-refractivity contribution in [2.75, 3.05) is 19.7 Å². The van der Waals surface area contributed by atoms with Gasteiger partial charge in [-0.05, 0) is 25.8 Å². The van der Waals surface area contributed by atoms with E-state index in [1.807, 2.05) is 0 Å². The zero-order chi connectivity index (χ0) is 14.7. The first-order chi connectivity index (χ1) is 8.87. The molecule has 1 unspecified atom stereocenters. The molecule has 0 bridgehead atoms. The van der Waals surface area contributed by atoms with Crippen LogP contribution in [0, 0.1) is 11.3 Å². The second kappa shape index (κ2) is 10.7. The zero-order valence-corrected chi connectivity index (χ0v) is 14.2. The van der Waals surface area contributed by atoms with Crippen LogP contribution in [-0.4, -0.2) is 25.8 Å². The van der Waals surface area contributed by atoms with E-state index in [0.717, 1.165) is 19.7 Å². The lowest BCUT2D eigenvalue weighted by molar-refractivity contribution is 0.00723. The lowest BCUT2D eigenvalue weighted by Gasteiger charge is -2.27. The van der Waals surface area contributed by atoms with Crippen LogP contribution in [0.5, 0.6) is 0 Å². The van der Waals surface area contributed by atoms with E-state index in [-0.39, 0.29) is 5.41 Å². The highest BCUT2D eigenvalue weighted by Gasteiger charge is 2.19. The second-order valence-electron chi connectivity index (χ2n) is 7.16. The smallest absolute Gasteiger partial charge is 0.0547 e. The Bertz CT molecular complexity index is 201. The largest absolute Gasteiger partial charge is 0.378 e. The van der Waals surface area contributed by atoms with Crippen molar-refractivity contribution in [3.63, 3.8) is 0 Å². The number of nitrogens with one attached hydrogen (secondary N) is 1. The molecular formula is C17H37NO. The van der Waals surface area contributed by atoms with Gasteiger partial charge in [0.1, 0.15) is 0 Å². The summed E-state index contributed by atoms with van der Waals surface area (Å²) in [6.07, 6.45) is 6.93. The Morgan fingerprint density at radius 1 is 1.05 bits per heavy atom. The maximum absolute atomic E-state index is 6.00. The van der Waals surface area contributed by atoms with Crippen LogP contribution in [0.2, 0.25) is 0 Å². The van der Waals surface area contributed by atoms with Crippen molar-refractivity contribution < 1.29 is 4.74 Å². The predicted molar refractivity (Wildman–Crippen MR) is 85.7 cm³/mol. The maximum Gasteiger partial charge on any atom is 0.0547 e. The van der Waals surface area contributed by atoms with E-state index < -0.39 is 0 Å². The molecule has 116 valence electrons. The van der Waals surface area contributed by atoms with Crippen LogP contribution in [0.3, 0.4) is 0 Å². The quantitative estimate of drug-likeness (QED) is 0.522. The highest BCUT2D eigenvalue weighted by molar-refractivity contribution is 4.72. The summed E-state index contributed by atoms with van der Waals surface area (Å²) in [5.74, 6) is 0.717. The molecule has 1 atom stereocenters. The van der Waals surface area contributed by atoms with Crippen LogP contribution in [0.1, 0.15) is 73.6 Å². The van der Waals surface area contributed by atoms with E-state index in [1.54, 1.807) is 0 Å². The van der Waals surface area contributed by atoms with E-state index in [1.165, 1.54) is 32.1 Å². The SMILES string of the molecule is CCCCCCC(C)OCC(C)(C)CNCC(C)C. The van der Waals surface area contributed by atoms with Gasteiger partial charge in [0.05, 0.1) is 12.7 Å². The third-order valence-corrected chi connectivity index (χ3v) is 3.38. The molecule has 0 aromatic heterocycles. The van der Waals surface area contributed by atoms with E-state index in [0.29, 0.717) is 12.0 Å². The van der Waals surface area contributed by atoms with Crippen molar-refractivity contribution in [1.29, 1.82) is 0 Å². The third-order valence-electron chi connectivity index (χ3n) is 3.38. The van der Waals surface area contributed by atoms with Crippen LogP contribution in [0.4, 0.5) is 0 Å². The molecule has 1 N–H and O–H groups in total. The molecule has 0 amide bonds. The first-order valence-corrected chi connectivity index (χ1v) is 8.19. The van der Waals surface area contributed by atoms with Crippen molar-refractivity contribution in [3.8, 4) is 0 Å². The second-order valence-corrected chi connectivity index (χ2v) is 7.16. The molecule has 0 aliphatic rings. The Kier molecular flexibility index (Phi) is 10.6. The highest BCUT2D eigenvalue weighted by atomic mass is 16.5. The van der Waals surface area contributed by atoms with Gasteiger partial charge in [0, 0.05) is 12.0 Å². The minimum Gasteiger partial charge on any atom is -0.378 e. The van der Waals surface area contributed by atoms with E-state index in [2.05, 4.69) is 46.9 Å². The topological polar surface area (TPSA) is 21.3 Å². The molecule has 0 aromatic rings. The Morgan fingerprint density at radius 2 is 1.74 bits per heavy atom. The van der Waals surface area contributed by atoms with E-state index in [9.17, 15) is 0 Å². The summed E-state index contributed by atoms with van der Waals surface area (Å²) in [5.41, 5.74) is 0.229. The van der Waals surface area contributed by atoms with E-state index in [4.69, 9.17) is 4.74 Å². The van der Waals surface area contributed by atoms with Crippen LogP contribution < -0.4 is 5.32 Å². The molecule has 0 saturated carbocycles. The number of hydrogen-bond donors (Lipinski definition) is 1.